The molecule has 5 aromatic carbocycles. The largest absolute Gasteiger partial charge is 0.488 e. The summed E-state index contributed by atoms with van der Waals surface area (Å²) in [6, 6.07) is 32.6. The van der Waals surface area contributed by atoms with Crippen LogP contribution in [0, 0.1) is 0 Å². The van der Waals surface area contributed by atoms with E-state index in [1.165, 1.54) is 0 Å². The van der Waals surface area contributed by atoms with Gasteiger partial charge in [-0.1, -0.05) is 93.6 Å². The maximum atomic E-state index is 12.6. The second-order valence-electron chi connectivity index (χ2n) is 10.9. The highest BCUT2D eigenvalue weighted by atomic mass is 16.6. The standard InChI is InChI=1S/C38H40N2O6/c1-4-26-21-22-33-34(23-26)36(44-25-30(6-3)46-38(42)40-28-17-11-8-12-18-28)32-20-14-13-19-31(32)35(33)43-24-29(5-2)45-37(41)39-27-15-9-7-10-16-27/h7-23,29-30H,4-6,24-25H2,1-3H3,(H,39,41)(H,40,42). The van der Waals surface area contributed by atoms with Crippen LogP contribution in [0.4, 0.5) is 21.0 Å². The lowest BCUT2D eigenvalue weighted by atomic mass is 9.98. The summed E-state index contributed by atoms with van der Waals surface area (Å²) in [5.74, 6) is 1.39. The first-order chi connectivity index (χ1) is 22.5. The fraction of sp³-hybridized carbons (Fsp3) is 0.263. The summed E-state index contributed by atoms with van der Waals surface area (Å²) in [6.45, 7) is 6.37. The van der Waals surface area contributed by atoms with Crippen molar-refractivity contribution in [3.8, 4) is 11.5 Å². The summed E-state index contributed by atoms with van der Waals surface area (Å²) >= 11 is 0. The van der Waals surface area contributed by atoms with Gasteiger partial charge in [0.25, 0.3) is 0 Å². The molecule has 0 spiro atoms. The molecule has 5 aromatic rings. The van der Waals surface area contributed by atoms with Crippen molar-refractivity contribution in [2.75, 3.05) is 23.8 Å². The first-order valence-corrected chi connectivity index (χ1v) is 15.8. The van der Waals surface area contributed by atoms with Crippen molar-refractivity contribution in [2.45, 2.75) is 52.2 Å². The number of fused-ring (bicyclic) bond motifs is 2. The quantitative estimate of drug-likeness (QED) is 0.127. The SMILES string of the molecule is CCc1ccc2c(OCC(CC)OC(=O)Nc3ccccc3)c3ccccc3c(OCC(CC)OC(=O)Nc3ccccc3)c2c1. The Hall–Kier alpha value is -5.24. The van der Waals surface area contributed by atoms with Crippen molar-refractivity contribution in [3.05, 3.63) is 109 Å². The number of carbonyl (C=O) groups excluding carboxylic acids is 2. The fourth-order valence-corrected chi connectivity index (χ4v) is 5.14. The smallest absolute Gasteiger partial charge is 0.412 e. The summed E-state index contributed by atoms with van der Waals surface area (Å²) in [5, 5.41) is 9.05. The van der Waals surface area contributed by atoms with Crippen molar-refractivity contribution in [2.24, 2.45) is 0 Å². The van der Waals surface area contributed by atoms with E-state index in [-0.39, 0.29) is 13.2 Å². The van der Waals surface area contributed by atoms with Crippen molar-refractivity contribution >= 4 is 45.1 Å². The topological polar surface area (TPSA) is 95.1 Å². The van der Waals surface area contributed by atoms with Gasteiger partial charge in [0.05, 0.1) is 0 Å². The second-order valence-corrected chi connectivity index (χ2v) is 10.9. The summed E-state index contributed by atoms with van der Waals surface area (Å²) in [6.07, 6.45) is 0.0169. The van der Waals surface area contributed by atoms with Gasteiger partial charge in [-0.05, 0) is 55.2 Å². The Labute approximate surface area is 269 Å². The average molecular weight is 621 g/mol. The average Bonchev–Trinajstić information content (AvgIpc) is 3.09. The maximum absolute atomic E-state index is 12.6. The minimum atomic E-state index is -0.530. The summed E-state index contributed by atoms with van der Waals surface area (Å²) in [4.78, 5) is 25.2. The van der Waals surface area contributed by atoms with Crippen LogP contribution < -0.4 is 20.1 Å². The molecule has 0 aromatic heterocycles. The molecular weight excluding hydrogens is 580 g/mol. The van der Waals surface area contributed by atoms with Gasteiger partial charge in [-0.2, -0.15) is 0 Å². The molecule has 2 atom stereocenters. The Morgan fingerprint density at radius 3 is 1.46 bits per heavy atom. The van der Waals surface area contributed by atoms with Gasteiger partial charge in [0, 0.05) is 32.9 Å². The molecule has 0 aliphatic heterocycles. The normalized spacial score (nSPS) is 12.2. The van der Waals surface area contributed by atoms with Crippen molar-refractivity contribution in [1.29, 1.82) is 0 Å². The van der Waals surface area contributed by atoms with Gasteiger partial charge < -0.3 is 18.9 Å². The number of nitrogens with one attached hydrogen (secondary N) is 2. The lowest BCUT2D eigenvalue weighted by molar-refractivity contribution is 0.0724. The van der Waals surface area contributed by atoms with Gasteiger partial charge in [0.2, 0.25) is 0 Å². The molecule has 0 aliphatic carbocycles. The van der Waals surface area contributed by atoms with Crippen LogP contribution in [-0.2, 0) is 15.9 Å². The predicted octanol–water partition coefficient (Wildman–Crippen LogP) is 9.37. The Morgan fingerprint density at radius 2 is 1.00 bits per heavy atom. The fourth-order valence-electron chi connectivity index (χ4n) is 5.14. The first-order valence-electron chi connectivity index (χ1n) is 15.8. The minimum Gasteiger partial charge on any atom is -0.488 e. The molecule has 2 unspecified atom stereocenters. The second kappa shape index (κ2) is 15.7. The molecule has 2 N–H and O–H groups in total. The van der Waals surface area contributed by atoms with Gasteiger partial charge >= 0.3 is 12.2 Å². The number of ether oxygens (including phenoxy) is 4. The van der Waals surface area contributed by atoms with Crippen molar-refractivity contribution in [3.63, 3.8) is 0 Å². The van der Waals surface area contributed by atoms with Crippen LogP contribution >= 0.6 is 0 Å². The number of anilines is 2. The van der Waals surface area contributed by atoms with Crippen LogP contribution in [0.1, 0.15) is 39.2 Å². The Bertz CT molecular complexity index is 1760. The molecular formula is C38H40N2O6. The molecule has 0 fully saturated rings. The predicted molar refractivity (Wildman–Crippen MR) is 183 cm³/mol. The number of carbonyl (C=O) groups is 2. The van der Waals surface area contributed by atoms with E-state index in [9.17, 15) is 9.59 Å². The zero-order valence-corrected chi connectivity index (χ0v) is 26.5. The number of amides is 2. The lowest BCUT2D eigenvalue weighted by Gasteiger charge is -2.22. The van der Waals surface area contributed by atoms with E-state index in [0.29, 0.717) is 35.7 Å². The monoisotopic (exact) mass is 620 g/mol. The third kappa shape index (κ3) is 8.07. The van der Waals surface area contributed by atoms with E-state index in [1.54, 1.807) is 24.3 Å². The molecule has 238 valence electrons. The van der Waals surface area contributed by atoms with Crippen LogP contribution in [0.5, 0.6) is 11.5 Å². The summed E-state index contributed by atoms with van der Waals surface area (Å²) in [7, 11) is 0. The van der Waals surface area contributed by atoms with Gasteiger partial charge in [0.15, 0.2) is 0 Å². The van der Waals surface area contributed by atoms with E-state index in [2.05, 4.69) is 29.7 Å². The molecule has 0 aliphatic rings. The van der Waals surface area contributed by atoms with Gasteiger partial charge in [0.1, 0.15) is 36.9 Å². The molecule has 0 bridgehead atoms. The van der Waals surface area contributed by atoms with Crippen molar-refractivity contribution < 1.29 is 28.5 Å². The third-order valence-corrected chi connectivity index (χ3v) is 7.72. The van der Waals surface area contributed by atoms with Crippen LogP contribution in [0.25, 0.3) is 21.5 Å². The zero-order chi connectivity index (χ0) is 32.3. The van der Waals surface area contributed by atoms with Gasteiger partial charge in [-0.15, -0.1) is 0 Å². The molecule has 8 heteroatoms. The Balaban J connectivity index is 1.38. The lowest BCUT2D eigenvalue weighted by Crippen LogP contribution is -2.27. The highest BCUT2D eigenvalue weighted by molar-refractivity contribution is 6.11. The molecule has 2 amide bonds. The highest BCUT2D eigenvalue weighted by Crippen LogP contribution is 2.43. The Morgan fingerprint density at radius 1 is 0.565 bits per heavy atom. The summed E-state index contributed by atoms with van der Waals surface area (Å²) in [5.41, 5.74) is 2.47. The zero-order valence-electron chi connectivity index (χ0n) is 26.5. The molecule has 8 nitrogen and oxygen atoms in total. The number of para-hydroxylation sites is 2. The van der Waals surface area contributed by atoms with Gasteiger partial charge in [-0.3, -0.25) is 10.6 Å². The number of aryl methyl sites for hydroxylation is 1. The third-order valence-electron chi connectivity index (χ3n) is 7.72. The molecule has 0 heterocycles. The van der Waals surface area contributed by atoms with E-state index in [1.807, 2.05) is 80.6 Å². The van der Waals surface area contributed by atoms with Crippen molar-refractivity contribution in [1.82, 2.24) is 0 Å². The van der Waals surface area contributed by atoms with E-state index < -0.39 is 24.4 Å². The number of hydrogen-bond donors (Lipinski definition) is 2. The molecule has 0 radical (unpaired) electrons. The minimum absolute atomic E-state index is 0.176. The van der Waals surface area contributed by atoms with Crippen LogP contribution in [0.2, 0.25) is 0 Å². The number of benzene rings is 5. The first kappa shape index (κ1) is 32.2. The highest BCUT2D eigenvalue weighted by Gasteiger charge is 2.21. The number of rotatable bonds is 13. The van der Waals surface area contributed by atoms with Crippen LogP contribution in [0.15, 0.2) is 103 Å². The summed E-state index contributed by atoms with van der Waals surface area (Å²) < 4.78 is 24.4. The maximum Gasteiger partial charge on any atom is 0.412 e. The number of hydrogen-bond acceptors (Lipinski definition) is 6. The van der Waals surface area contributed by atoms with E-state index in [0.717, 1.165) is 33.5 Å². The van der Waals surface area contributed by atoms with Crippen LogP contribution in [0.3, 0.4) is 0 Å². The molecule has 0 saturated carbocycles. The molecule has 5 rings (SSSR count). The molecule has 0 saturated heterocycles. The van der Waals surface area contributed by atoms with Gasteiger partial charge in [-0.25, -0.2) is 9.59 Å². The van der Waals surface area contributed by atoms with E-state index in [4.69, 9.17) is 18.9 Å². The molecule has 46 heavy (non-hydrogen) atoms. The van der Waals surface area contributed by atoms with E-state index >= 15 is 0 Å². The van der Waals surface area contributed by atoms with Crippen LogP contribution in [-0.4, -0.2) is 37.6 Å². The Kier molecular flexibility index (Phi) is 10.9.